The van der Waals surface area contributed by atoms with Gasteiger partial charge in [-0.3, -0.25) is 4.68 Å². The SMILES string of the molecule is O=C(O)C1=CC=CN(CCCn2cncn2)C1SCCCc1ccc(F)cc1. The second kappa shape index (κ2) is 10.1. The van der Waals surface area contributed by atoms with Crippen molar-refractivity contribution >= 4 is 17.7 Å². The molecule has 2 heterocycles. The van der Waals surface area contributed by atoms with Gasteiger partial charge in [-0.05, 0) is 54.9 Å². The van der Waals surface area contributed by atoms with Crippen molar-refractivity contribution in [2.75, 3.05) is 12.3 Å². The molecule has 0 saturated carbocycles. The Balaban J connectivity index is 1.52. The van der Waals surface area contributed by atoms with E-state index < -0.39 is 5.97 Å². The molecule has 0 saturated heterocycles. The van der Waals surface area contributed by atoms with E-state index in [-0.39, 0.29) is 11.2 Å². The smallest absolute Gasteiger partial charge is 0.334 e. The lowest BCUT2D eigenvalue weighted by Gasteiger charge is -2.32. The zero-order valence-electron chi connectivity index (χ0n) is 15.4. The van der Waals surface area contributed by atoms with Crippen LogP contribution in [0.5, 0.6) is 0 Å². The van der Waals surface area contributed by atoms with E-state index in [0.29, 0.717) is 5.57 Å². The summed E-state index contributed by atoms with van der Waals surface area (Å²) in [4.78, 5) is 17.7. The van der Waals surface area contributed by atoms with Gasteiger partial charge in [0.1, 0.15) is 23.8 Å². The number of halogens is 1. The number of carboxylic acid groups (broad SMARTS) is 1. The van der Waals surface area contributed by atoms with Crippen LogP contribution in [0.2, 0.25) is 0 Å². The number of benzene rings is 1. The molecule has 28 heavy (non-hydrogen) atoms. The van der Waals surface area contributed by atoms with Crippen LogP contribution >= 0.6 is 11.8 Å². The average molecular weight is 402 g/mol. The number of hydrogen-bond donors (Lipinski definition) is 1. The molecule has 0 aliphatic carbocycles. The third-order valence-electron chi connectivity index (χ3n) is 4.44. The summed E-state index contributed by atoms with van der Waals surface area (Å²) in [5.74, 6) is -0.299. The number of aromatic nitrogens is 3. The molecule has 0 bridgehead atoms. The Hall–Kier alpha value is -2.61. The van der Waals surface area contributed by atoms with Crippen molar-refractivity contribution in [3.8, 4) is 0 Å². The molecule has 1 atom stereocenters. The number of carbonyl (C=O) groups is 1. The van der Waals surface area contributed by atoms with Gasteiger partial charge in [0.15, 0.2) is 0 Å². The monoisotopic (exact) mass is 402 g/mol. The van der Waals surface area contributed by atoms with Gasteiger partial charge in [-0.2, -0.15) is 5.10 Å². The first-order valence-corrected chi connectivity index (χ1v) is 10.2. The zero-order valence-corrected chi connectivity index (χ0v) is 16.3. The first kappa shape index (κ1) is 20.1. The lowest BCUT2D eigenvalue weighted by atomic mass is 10.1. The molecule has 1 aromatic heterocycles. The molecular formula is C20H23FN4O2S. The van der Waals surface area contributed by atoms with Crippen molar-refractivity contribution in [2.45, 2.75) is 31.2 Å². The fourth-order valence-corrected chi connectivity index (χ4v) is 4.30. The van der Waals surface area contributed by atoms with Crippen molar-refractivity contribution < 1.29 is 14.3 Å². The van der Waals surface area contributed by atoms with E-state index in [1.807, 2.05) is 6.20 Å². The van der Waals surface area contributed by atoms with Crippen LogP contribution < -0.4 is 0 Å². The molecule has 0 radical (unpaired) electrons. The highest BCUT2D eigenvalue weighted by Crippen LogP contribution is 2.28. The van der Waals surface area contributed by atoms with E-state index in [4.69, 9.17) is 0 Å². The summed E-state index contributed by atoms with van der Waals surface area (Å²) in [6.45, 7) is 1.47. The maximum absolute atomic E-state index is 13.0. The maximum atomic E-state index is 13.0. The van der Waals surface area contributed by atoms with Crippen molar-refractivity contribution in [1.82, 2.24) is 19.7 Å². The summed E-state index contributed by atoms with van der Waals surface area (Å²) < 4.78 is 14.8. The molecule has 2 aromatic rings. The van der Waals surface area contributed by atoms with Crippen LogP contribution in [0.1, 0.15) is 18.4 Å². The van der Waals surface area contributed by atoms with Gasteiger partial charge in [-0.1, -0.05) is 12.1 Å². The number of carboxylic acids is 1. The summed E-state index contributed by atoms with van der Waals surface area (Å²) in [5, 5.41) is 13.4. The lowest BCUT2D eigenvalue weighted by Crippen LogP contribution is -2.35. The van der Waals surface area contributed by atoms with Crippen molar-refractivity contribution in [3.63, 3.8) is 0 Å². The van der Waals surface area contributed by atoms with Gasteiger partial charge in [-0.25, -0.2) is 14.2 Å². The quantitative estimate of drug-likeness (QED) is 0.615. The Morgan fingerprint density at radius 3 is 2.75 bits per heavy atom. The van der Waals surface area contributed by atoms with Crippen LogP contribution in [-0.2, 0) is 17.8 Å². The minimum Gasteiger partial charge on any atom is -0.478 e. The van der Waals surface area contributed by atoms with Gasteiger partial charge in [0.25, 0.3) is 0 Å². The molecule has 1 aliphatic rings. The molecule has 148 valence electrons. The van der Waals surface area contributed by atoms with Crippen molar-refractivity contribution in [2.24, 2.45) is 0 Å². The first-order valence-electron chi connectivity index (χ1n) is 9.19. The van der Waals surface area contributed by atoms with Gasteiger partial charge in [0, 0.05) is 19.3 Å². The second-order valence-corrected chi connectivity index (χ2v) is 7.66. The molecule has 0 fully saturated rings. The predicted octanol–water partition coefficient (Wildman–Crippen LogP) is 3.34. The van der Waals surface area contributed by atoms with Crippen LogP contribution in [0.15, 0.2) is 60.8 Å². The summed E-state index contributed by atoms with van der Waals surface area (Å²) in [6, 6.07) is 6.53. The topological polar surface area (TPSA) is 71.2 Å². The minimum atomic E-state index is -0.887. The molecule has 1 aliphatic heterocycles. The Morgan fingerprint density at radius 1 is 1.21 bits per heavy atom. The van der Waals surface area contributed by atoms with Gasteiger partial charge in [0.05, 0.1) is 5.57 Å². The number of allylic oxidation sites excluding steroid dienone is 2. The largest absolute Gasteiger partial charge is 0.478 e. The number of nitrogens with zero attached hydrogens (tertiary/aromatic N) is 4. The first-order chi connectivity index (χ1) is 13.6. The van der Waals surface area contributed by atoms with E-state index in [2.05, 4.69) is 15.0 Å². The molecule has 6 nitrogen and oxygen atoms in total. The molecule has 0 amide bonds. The summed E-state index contributed by atoms with van der Waals surface area (Å²) in [7, 11) is 0. The van der Waals surface area contributed by atoms with Crippen LogP contribution in [0.4, 0.5) is 4.39 Å². The Morgan fingerprint density at radius 2 is 2.04 bits per heavy atom. The van der Waals surface area contributed by atoms with Crippen LogP contribution in [0.25, 0.3) is 0 Å². The molecule has 1 unspecified atom stereocenters. The number of aryl methyl sites for hydroxylation is 2. The Labute approximate surface area is 167 Å². The van der Waals surface area contributed by atoms with Crippen LogP contribution in [0, 0.1) is 5.82 Å². The highest BCUT2D eigenvalue weighted by molar-refractivity contribution is 8.00. The van der Waals surface area contributed by atoms with Gasteiger partial charge < -0.3 is 10.0 Å². The molecule has 3 rings (SSSR count). The summed E-state index contributed by atoms with van der Waals surface area (Å²) in [6.07, 6.45) is 11.2. The zero-order chi connectivity index (χ0) is 19.8. The van der Waals surface area contributed by atoms with E-state index in [1.54, 1.807) is 47.1 Å². The number of rotatable bonds is 10. The molecule has 8 heteroatoms. The fraction of sp³-hybridized carbons (Fsp3) is 0.350. The maximum Gasteiger partial charge on any atom is 0.334 e. The molecule has 1 N–H and O–H groups in total. The second-order valence-electron chi connectivity index (χ2n) is 6.47. The van der Waals surface area contributed by atoms with Crippen LogP contribution in [0.3, 0.4) is 0 Å². The lowest BCUT2D eigenvalue weighted by molar-refractivity contribution is -0.133. The number of hydrogen-bond acceptors (Lipinski definition) is 5. The normalized spacial score (nSPS) is 16.2. The van der Waals surface area contributed by atoms with E-state index in [9.17, 15) is 14.3 Å². The van der Waals surface area contributed by atoms with Gasteiger partial charge >= 0.3 is 5.97 Å². The van der Waals surface area contributed by atoms with Gasteiger partial charge in [-0.15, -0.1) is 11.8 Å². The Bertz CT molecular complexity index is 821. The third-order valence-corrected chi connectivity index (χ3v) is 5.80. The molecular weight excluding hydrogens is 379 g/mol. The summed E-state index contributed by atoms with van der Waals surface area (Å²) in [5.41, 5.74) is 1.49. The fourth-order valence-electron chi connectivity index (χ4n) is 3.04. The highest BCUT2D eigenvalue weighted by Gasteiger charge is 2.27. The number of thioether (sulfide) groups is 1. The average Bonchev–Trinajstić information content (AvgIpc) is 3.20. The highest BCUT2D eigenvalue weighted by atomic mass is 32.2. The summed E-state index contributed by atoms with van der Waals surface area (Å²) >= 11 is 1.63. The van der Waals surface area contributed by atoms with E-state index in [0.717, 1.165) is 43.7 Å². The van der Waals surface area contributed by atoms with E-state index in [1.165, 1.54) is 18.5 Å². The van der Waals surface area contributed by atoms with Crippen molar-refractivity contribution in [1.29, 1.82) is 0 Å². The predicted molar refractivity (Wildman–Crippen MR) is 107 cm³/mol. The van der Waals surface area contributed by atoms with Crippen molar-refractivity contribution in [3.05, 3.63) is 72.2 Å². The standard InChI is InChI=1S/C20H23FN4O2S/c21-17-8-6-16(7-9-17)4-2-13-28-19-18(20(26)27)5-1-10-24(19)11-3-12-25-15-22-14-23-25/h1,5-10,14-15,19H,2-4,11-13H2,(H,26,27). The van der Waals surface area contributed by atoms with E-state index >= 15 is 0 Å². The molecule has 1 aromatic carbocycles. The van der Waals surface area contributed by atoms with Gasteiger partial charge in [0.2, 0.25) is 0 Å². The van der Waals surface area contributed by atoms with Crippen LogP contribution in [-0.4, -0.2) is 48.4 Å². The number of aliphatic carboxylic acids is 1. The third kappa shape index (κ3) is 5.69. The molecule has 0 spiro atoms. The Kier molecular flexibility index (Phi) is 7.25. The minimum absolute atomic E-state index is 0.216.